The van der Waals surface area contributed by atoms with E-state index in [2.05, 4.69) is 42.5 Å². The average molecular weight is 322 g/mol. The Morgan fingerprint density at radius 1 is 0.520 bits per heavy atom. The van der Waals surface area contributed by atoms with Gasteiger partial charge in [-0.2, -0.15) is 0 Å². The van der Waals surface area contributed by atoms with Crippen molar-refractivity contribution in [2.24, 2.45) is 0 Å². The molecule has 0 radical (unpaired) electrons. The van der Waals surface area contributed by atoms with Crippen LogP contribution < -0.4 is 11.3 Å². The van der Waals surface area contributed by atoms with Crippen LogP contribution in [0.5, 0.6) is 0 Å². The number of hydrogen-bond acceptors (Lipinski definition) is 3. The Balaban J connectivity index is 2.02. The summed E-state index contributed by atoms with van der Waals surface area (Å²) < 4.78 is 4.81. The van der Waals surface area contributed by atoms with Crippen molar-refractivity contribution in [1.82, 2.24) is 0 Å². The minimum absolute atomic E-state index is 0.352. The van der Waals surface area contributed by atoms with Crippen LogP contribution in [-0.2, 0) is 0 Å². The molecule has 1 heterocycles. The lowest BCUT2D eigenvalue weighted by Crippen LogP contribution is -1.94. The molecule has 1 aromatic heterocycles. The fourth-order valence-electron chi connectivity index (χ4n) is 4.19. The van der Waals surface area contributed by atoms with Gasteiger partial charge in [-0.15, -0.1) is 0 Å². The topological polar surface area (TPSA) is 47.3 Å². The average Bonchev–Trinajstić information content (AvgIpc) is 2.93. The second-order valence-electron chi connectivity index (χ2n) is 6.49. The van der Waals surface area contributed by atoms with E-state index in [1.165, 1.54) is 21.5 Å². The Bertz CT molecular complexity index is 1560. The maximum Gasteiger partial charge on any atom is 0.347 e. The Morgan fingerprint density at radius 3 is 2.04 bits per heavy atom. The summed E-state index contributed by atoms with van der Waals surface area (Å²) in [6, 6.07) is 20.3. The Hall–Kier alpha value is -3.46. The van der Waals surface area contributed by atoms with E-state index in [0.717, 1.165) is 21.5 Å². The molecule has 6 rings (SSSR count). The summed E-state index contributed by atoms with van der Waals surface area (Å²) in [6.45, 7) is 0. The zero-order valence-electron chi connectivity index (χ0n) is 13.0. The number of fused-ring (bicyclic) bond motifs is 4. The summed E-state index contributed by atoms with van der Waals surface area (Å²) in [5.74, 6) is 0. The van der Waals surface area contributed by atoms with Gasteiger partial charge < -0.3 is 4.42 Å². The van der Waals surface area contributed by atoms with Gasteiger partial charge in [0, 0.05) is 0 Å². The molecule has 0 saturated heterocycles. The molecule has 0 aliphatic heterocycles. The highest BCUT2D eigenvalue weighted by Crippen LogP contribution is 2.39. The summed E-state index contributed by atoms with van der Waals surface area (Å²) in [5.41, 5.74) is -1.12. The van der Waals surface area contributed by atoms with Crippen LogP contribution in [0.2, 0.25) is 0 Å². The maximum atomic E-state index is 12.2. The lowest BCUT2D eigenvalue weighted by molar-refractivity contribution is 0.500. The van der Waals surface area contributed by atoms with Gasteiger partial charge in [0.15, 0.2) is 0 Å². The van der Waals surface area contributed by atoms with Gasteiger partial charge in [0.25, 0.3) is 0 Å². The summed E-state index contributed by atoms with van der Waals surface area (Å²) in [5, 5.41) is 9.46. The van der Waals surface area contributed by atoms with Gasteiger partial charge in [-0.1, -0.05) is 48.5 Å². The molecule has 6 aromatic rings. The van der Waals surface area contributed by atoms with E-state index in [-0.39, 0.29) is 0 Å². The second kappa shape index (κ2) is 4.14. The van der Waals surface area contributed by atoms with Gasteiger partial charge in [0.05, 0.1) is 10.8 Å². The highest BCUT2D eigenvalue weighted by Gasteiger charge is 2.16. The Kier molecular flexibility index (Phi) is 2.13. The maximum absolute atomic E-state index is 12.2. The van der Waals surface area contributed by atoms with Crippen LogP contribution in [0.25, 0.3) is 53.9 Å². The fraction of sp³-hybridized carbons (Fsp3) is 0. The van der Waals surface area contributed by atoms with E-state index >= 15 is 0 Å². The second-order valence-corrected chi connectivity index (χ2v) is 6.49. The van der Waals surface area contributed by atoms with Crippen molar-refractivity contribution in [3.63, 3.8) is 0 Å². The first-order chi connectivity index (χ1) is 12.2. The lowest BCUT2D eigenvalue weighted by Gasteiger charge is -2.13. The van der Waals surface area contributed by atoms with Crippen LogP contribution >= 0.6 is 0 Å². The van der Waals surface area contributed by atoms with Crippen LogP contribution in [0.4, 0.5) is 0 Å². The lowest BCUT2D eigenvalue weighted by atomic mass is 9.90. The van der Waals surface area contributed by atoms with Crippen LogP contribution in [0.15, 0.2) is 74.7 Å². The quantitative estimate of drug-likeness (QED) is 0.302. The normalized spacial score (nSPS) is 12.3. The van der Waals surface area contributed by atoms with E-state index in [1.807, 2.05) is 12.1 Å². The molecule has 25 heavy (non-hydrogen) atoms. The van der Waals surface area contributed by atoms with Gasteiger partial charge in [-0.05, 0) is 55.2 Å². The predicted octanol–water partition coefficient (Wildman–Crippen LogP) is 4.64. The van der Waals surface area contributed by atoms with E-state index < -0.39 is 11.3 Å². The first-order valence-corrected chi connectivity index (χ1v) is 8.12. The largest absolute Gasteiger partial charge is 0.386 e. The van der Waals surface area contributed by atoms with Crippen molar-refractivity contribution in [3.8, 4) is 0 Å². The molecule has 0 aliphatic rings. The number of furan rings is 1. The summed E-state index contributed by atoms with van der Waals surface area (Å²) in [6.07, 6.45) is 0. The van der Waals surface area contributed by atoms with Gasteiger partial charge in [-0.25, -0.2) is 9.59 Å². The molecule has 0 atom stereocenters. The minimum atomic E-state index is -0.563. The van der Waals surface area contributed by atoms with Crippen molar-refractivity contribution in [3.05, 3.63) is 81.5 Å². The van der Waals surface area contributed by atoms with Crippen LogP contribution in [0.3, 0.4) is 0 Å². The highest BCUT2D eigenvalue weighted by atomic mass is 16.4. The Labute approximate surface area is 140 Å². The summed E-state index contributed by atoms with van der Waals surface area (Å²) >= 11 is 0. The third-order valence-electron chi connectivity index (χ3n) is 5.25. The molecule has 0 aliphatic carbocycles. The molecule has 0 fully saturated rings. The zero-order valence-corrected chi connectivity index (χ0v) is 13.0. The standard InChI is InChI=1S/C22H10O3/c23-21-16-9-8-14-15-7-6-12-3-1-2-11-4-5-13(19(15)18(11)12)10-17(14)20(16)22(24)25-21/h1-10H. The van der Waals surface area contributed by atoms with Crippen molar-refractivity contribution in [2.45, 2.75) is 0 Å². The predicted molar refractivity (Wildman–Crippen MR) is 101 cm³/mol. The van der Waals surface area contributed by atoms with E-state index in [1.54, 1.807) is 6.07 Å². The van der Waals surface area contributed by atoms with E-state index in [0.29, 0.717) is 10.8 Å². The molecule has 0 bridgehead atoms. The molecule has 0 amide bonds. The third-order valence-corrected chi connectivity index (χ3v) is 5.25. The summed E-state index contributed by atoms with van der Waals surface area (Å²) in [4.78, 5) is 24.1. The highest BCUT2D eigenvalue weighted by molar-refractivity contribution is 6.31. The summed E-state index contributed by atoms with van der Waals surface area (Å²) in [7, 11) is 0. The van der Waals surface area contributed by atoms with E-state index in [9.17, 15) is 9.59 Å². The molecule has 3 heteroatoms. The van der Waals surface area contributed by atoms with Crippen molar-refractivity contribution in [2.75, 3.05) is 0 Å². The first-order valence-electron chi connectivity index (χ1n) is 8.12. The van der Waals surface area contributed by atoms with Crippen LogP contribution in [0.1, 0.15) is 0 Å². The number of benzene rings is 5. The molecule has 5 aromatic carbocycles. The third kappa shape index (κ3) is 1.46. The molecule has 0 unspecified atom stereocenters. The molecule has 3 nitrogen and oxygen atoms in total. The van der Waals surface area contributed by atoms with Gasteiger partial charge in [0.2, 0.25) is 0 Å². The molecule has 116 valence electrons. The molecular formula is C22H10O3. The molecule has 0 spiro atoms. The van der Waals surface area contributed by atoms with Crippen molar-refractivity contribution in [1.29, 1.82) is 0 Å². The van der Waals surface area contributed by atoms with Gasteiger partial charge >= 0.3 is 11.3 Å². The van der Waals surface area contributed by atoms with Crippen LogP contribution in [0, 0.1) is 0 Å². The fourth-order valence-corrected chi connectivity index (χ4v) is 4.19. The SMILES string of the molecule is O=c1oc(=O)c2c1ccc1c2cc2ccc3cccc4ccc1c2c34. The van der Waals surface area contributed by atoms with Crippen molar-refractivity contribution < 1.29 is 4.42 Å². The Morgan fingerprint density at radius 2 is 1.20 bits per heavy atom. The van der Waals surface area contributed by atoms with Crippen LogP contribution in [-0.4, -0.2) is 0 Å². The number of hydrogen-bond donors (Lipinski definition) is 0. The smallest absolute Gasteiger partial charge is 0.347 e. The van der Waals surface area contributed by atoms with Crippen molar-refractivity contribution >= 4 is 53.9 Å². The monoisotopic (exact) mass is 322 g/mol. The van der Waals surface area contributed by atoms with E-state index in [4.69, 9.17) is 4.42 Å². The molecule has 0 N–H and O–H groups in total. The number of rotatable bonds is 0. The minimum Gasteiger partial charge on any atom is -0.386 e. The zero-order chi connectivity index (χ0) is 16.7. The molecular weight excluding hydrogens is 312 g/mol. The van der Waals surface area contributed by atoms with Gasteiger partial charge in [0.1, 0.15) is 0 Å². The van der Waals surface area contributed by atoms with Gasteiger partial charge in [-0.3, -0.25) is 0 Å². The first kappa shape index (κ1) is 12.9. The molecule has 0 saturated carbocycles.